The van der Waals surface area contributed by atoms with Gasteiger partial charge >= 0.3 is 12.0 Å². The number of H-pyrrole nitrogens is 1. The first-order valence-corrected chi connectivity index (χ1v) is 7.43. The predicted molar refractivity (Wildman–Crippen MR) is 90.0 cm³/mol. The lowest BCUT2D eigenvalue weighted by Crippen LogP contribution is -2.20. The molecule has 0 fully saturated rings. The number of rotatable bonds is 4. The highest BCUT2D eigenvalue weighted by Crippen LogP contribution is 2.23. The number of hydrogen-bond donors (Lipinski definition) is 3. The minimum absolute atomic E-state index is 0.305. The molecule has 0 spiro atoms. The fourth-order valence-electron chi connectivity index (χ4n) is 2.30. The maximum absolute atomic E-state index is 12.1. The average Bonchev–Trinajstić information content (AvgIpc) is 2.76. The SMILES string of the molecule is CCOC(=O)c1c(C)[nH]c(NC(=O)Nc2ccc(C)cc2)c1C. The maximum atomic E-state index is 12.1. The molecule has 2 rings (SSSR count). The Labute approximate surface area is 135 Å². The summed E-state index contributed by atoms with van der Waals surface area (Å²) >= 11 is 0. The van der Waals surface area contributed by atoms with E-state index in [-0.39, 0.29) is 6.03 Å². The summed E-state index contributed by atoms with van der Waals surface area (Å²) in [5.41, 5.74) is 3.58. The highest BCUT2D eigenvalue weighted by atomic mass is 16.5. The second-order valence-corrected chi connectivity index (χ2v) is 5.29. The fourth-order valence-corrected chi connectivity index (χ4v) is 2.30. The molecular weight excluding hydrogens is 294 g/mol. The van der Waals surface area contributed by atoms with Crippen LogP contribution in [0.4, 0.5) is 16.3 Å². The highest BCUT2D eigenvalue weighted by molar-refractivity contribution is 6.01. The number of hydrogen-bond acceptors (Lipinski definition) is 3. The van der Waals surface area contributed by atoms with Crippen LogP contribution < -0.4 is 10.6 Å². The summed E-state index contributed by atoms with van der Waals surface area (Å²) in [4.78, 5) is 27.0. The Hall–Kier alpha value is -2.76. The van der Waals surface area contributed by atoms with E-state index >= 15 is 0 Å². The van der Waals surface area contributed by atoms with E-state index in [9.17, 15) is 9.59 Å². The number of nitrogens with one attached hydrogen (secondary N) is 3. The standard InChI is InChI=1S/C17H21N3O3/c1-5-23-16(21)14-11(3)15(18-12(14)4)20-17(22)19-13-8-6-10(2)7-9-13/h6-9,18H,5H2,1-4H3,(H2,19,20,22). The van der Waals surface area contributed by atoms with E-state index in [1.54, 1.807) is 20.8 Å². The molecule has 0 aliphatic carbocycles. The quantitative estimate of drug-likeness (QED) is 0.751. The smallest absolute Gasteiger partial charge is 0.340 e. The molecule has 3 N–H and O–H groups in total. The third-order valence-electron chi connectivity index (χ3n) is 3.47. The van der Waals surface area contributed by atoms with Crippen LogP contribution in [0, 0.1) is 20.8 Å². The molecule has 1 aromatic carbocycles. The zero-order valence-electron chi connectivity index (χ0n) is 13.7. The van der Waals surface area contributed by atoms with Gasteiger partial charge < -0.3 is 15.0 Å². The van der Waals surface area contributed by atoms with Crippen molar-refractivity contribution in [2.45, 2.75) is 27.7 Å². The van der Waals surface area contributed by atoms with Gasteiger partial charge in [0.05, 0.1) is 12.2 Å². The number of carbonyl (C=O) groups is 2. The van der Waals surface area contributed by atoms with Crippen molar-refractivity contribution in [1.29, 1.82) is 0 Å². The topological polar surface area (TPSA) is 83.2 Å². The normalized spacial score (nSPS) is 10.3. The van der Waals surface area contributed by atoms with E-state index in [1.807, 2.05) is 31.2 Å². The van der Waals surface area contributed by atoms with Crippen LogP contribution in [0.25, 0.3) is 0 Å². The zero-order valence-corrected chi connectivity index (χ0v) is 13.7. The number of esters is 1. The van der Waals surface area contributed by atoms with Crippen molar-refractivity contribution in [3.8, 4) is 0 Å². The van der Waals surface area contributed by atoms with Crippen LogP contribution in [0.3, 0.4) is 0 Å². The molecule has 0 saturated heterocycles. The average molecular weight is 315 g/mol. The molecule has 0 saturated carbocycles. The largest absolute Gasteiger partial charge is 0.462 e. The molecule has 122 valence electrons. The number of ether oxygens (including phenoxy) is 1. The number of anilines is 2. The second kappa shape index (κ2) is 7.00. The molecular formula is C17H21N3O3. The van der Waals surface area contributed by atoms with Crippen LogP contribution in [-0.2, 0) is 4.74 Å². The van der Waals surface area contributed by atoms with Crippen LogP contribution in [0.2, 0.25) is 0 Å². The Balaban J connectivity index is 2.11. The number of aromatic nitrogens is 1. The maximum Gasteiger partial charge on any atom is 0.340 e. The van der Waals surface area contributed by atoms with E-state index < -0.39 is 5.97 Å². The Morgan fingerprint density at radius 2 is 1.74 bits per heavy atom. The zero-order chi connectivity index (χ0) is 17.0. The minimum atomic E-state index is -0.397. The van der Waals surface area contributed by atoms with Gasteiger partial charge in [-0.3, -0.25) is 5.32 Å². The second-order valence-electron chi connectivity index (χ2n) is 5.29. The van der Waals surface area contributed by atoms with E-state index in [0.29, 0.717) is 34.9 Å². The summed E-state index contributed by atoms with van der Waals surface area (Å²) in [6.45, 7) is 7.56. The Morgan fingerprint density at radius 1 is 1.09 bits per heavy atom. The number of amides is 2. The first-order valence-electron chi connectivity index (χ1n) is 7.43. The first-order chi connectivity index (χ1) is 10.9. The Bertz CT molecular complexity index is 717. The highest BCUT2D eigenvalue weighted by Gasteiger charge is 2.20. The summed E-state index contributed by atoms with van der Waals surface area (Å²) in [6, 6.07) is 7.10. The first kappa shape index (κ1) is 16.6. The van der Waals surface area contributed by atoms with Gasteiger partial charge in [-0.05, 0) is 39.8 Å². The number of carbonyl (C=O) groups excluding carboxylic acids is 2. The third-order valence-corrected chi connectivity index (χ3v) is 3.47. The van der Waals surface area contributed by atoms with Gasteiger partial charge in [0.1, 0.15) is 5.82 Å². The Morgan fingerprint density at radius 3 is 2.35 bits per heavy atom. The number of urea groups is 1. The van der Waals surface area contributed by atoms with Crippen molar-refractivity contribution in [2.24, 2.45) is 0 Å². The van der Waals surface area contributed by atoms with Crippen molar-refractivity contribution in [3.63, 3.8) is 0 Å². The third kappa shape index (κ3) is 3.91. The molecule has 0 atom stereocenters. The molecule has 0 bridgehead atoms. The lowest BCUT2D eigenvalue weighted by molar-refractivity contribution is 0.0525. The molecule has 6 nitrogen and oxygen atoms in total. The van der Waals surface area contributed by atoms with Gasteiger partial charge in [-0.1, -0.05) is 17.7 Å². The summed E-state index contributed by atoms with van der Waals surface area (Å²) in [5.74, 6) is 0.0842. The van der Waals surface area contributed by atoms with Gasteiger partial charge in [0.2, 0.25) is 0 Å². The number of benzene rings is 1. The molecule has 6 heteroatoms. The predicted octanol–water partition coefficient (Wildman–Crippen LogP) is 3.76. The fraction of sp³-hybridized carbons (Fsp3) is 0.294. The van der Waals surface area contributed by atoms with E-state index in [0.717, 1.165) is 5.56 Å². The molecule has 1 heterocycles. The number of aromatic amines is 1. The summed E-state index contributed by atoms with van der Waals surface area (Å²) in [6.07, 6.45) is 0. The van der Waals surface area contributed by atoms with Crippen LogP contribution in [0.15, 0.2) is 24.3 Å². The summed E-state index contributed by atoms with van der Waals surface area (Å²) < 4.78 is 5.03. The molecule has 2 amide bonds. The van der Waals surface area contributed by atoms with Gasteiger partial charge in [-0.25, -0.2) is 9.59 Å². The Kier molecular flexibility index (Phi) is 5.05. The molecule has 2 aromatic rings. The lowest BCUT2D eigenvalue weighted by atomic mass is 10.1. The lowest BCUT2D eigenvalue weighted by Gasteiger charge is -2.08. The van der Waals surface area contributed by atoms with Gasteiger partial charge in [0.15, 0.2) is 0 Å². The van der Waals surface area contributed by atoms with Crippen molar-refractivity contribution in [3.05, 3.63) is 46.6 Å². The van der Waals surface area contributed by atoms with Crippen LogP contribution in [-0.4, -0.2) is 23.6 Å². The van der Waals surface area contributed by atoms with Crippen LogP contribution in [0.1, 0.15) is 34.1 Å². The minimum Gasteiger partial charge on any atom is -0.462 e. The molecule has 23 heavy (non-hydrogen) atoms. The van der Waals surface area contributed by atoms with Crippen molar-refractivity contribution in [1.82, 2.24) is 4.98 Å². The molecule has 0 aliphatic rings. The number of aryl methyl sites for hydroxylation is 2. The van der Waals surface area contributed by atoms with E-state index in [2.05, 4.69) is 15.6 Å². The van der Waals surface area contributed by atoms with Crippen molar-refractivity contribution >= 4 is 23.5 Å². The summed E-state index contributed by atoms with van der Waals surface area (Å²) in [7, 11) is 0. The monoisotopic (exact) mass is 315 g/mol. The van der Waals surface area contributed by atoms with Crippen molar-refractivity contribution in [2.75, 3.05) is 17.2 Å². The van der Waals surface area contributed by atoms with E-state index in [1.165, 1.54) is 0 Å². The molecule has 0 unspecified atom stereocenters. The van der Waals surface area contributed by atoms with Crippen molar-refractivity contribution < 1.29 is 14.3 Å². The van der Waals surface area contributed by atoms with Crippen LogP contribution in [0.5, 0.6) is 0 Å². The van der Waals surface area contributed by atoms with Gasteiger partial charge in [-0.2, -0.15) is 0 Å². The molecule has 1 aromatic heterocycles. The van der Waals surface area contributed by atoms with Crippen LogP contribution >= 0.6 is 0 Å². The van der Waals surface area contributed by atoms with Gasteiger partial charge in [0.25, 0.3) is 0 Å². The summed E-state index contributed by atoms with van der Waals surface area (Å²) in [5, 5.41) is 5.46. The van der Waals surface area contributed by atoms with E-state index in [4.69, 9.17) is 4.74 Å². The molecule has 0 radical (unpaired) electrons. The van der Waals surface area contributed by atoms with Gasteiger partial charge in [-0.15, -0.1) is 0 Å². The molecule has 0 aliphatic heterocycles. The van der Waals surface area contributed by atoms with Gasteiger partial charge in [0, 0.05) is 16.9 Å².